The first-order chi connectivity index (χ1) is 9.28. The monoisotopic (exact) mass is 318 g/mol. The molecule has 1 rings (SSSR count). The molecule has 9 heteroatoms. The van der Waals surface area contributed by atoms with Gasteiger partial charge in [-0.05, 0) is 18.6 Å². The molecule has 1 heterocycles. The van der Waals surface area contributed by atoms with Gasteiger partial charge in [0.05, 0.1) is 11.3 Å². The van der Waals surface area contributed by atoms with Crippen LogP contribution in [0.5, 0.6) is 0 Å². The molecule has 0 atom stereocenters. The lowest BCUT2D eigenvalue weighted by Crippen LogP contribution is -2.27. The van der Waals surface area contributed by atoms with Crippen molar-refractivity contribution < 1.29 is 23.1 Å². The van der Waals surface area contributed by atoms with E-state index < -0.39 is 16.0 Å². The third-order valence-electron chi connectivity index (χ3n) is 2.16. The number of amides is 1. The Labute approximate surface area is 120 Å². The maximum atomic E-state index is 11.7. The molecule has 0 spiro atoms. The van der Waals surface area contributed by atoms with Crippen molar-refractivity contribution in [1.82, 2.24) is 5.32 Å². The van der Waals surface area contributed by atoms with Gasteiger partial charge in [-0.15, -0.1) is 11.3 Å². The fourth-order valence-corrected chi connectivity index (χ4v) is 2.62. The van der Waals surface area contributed by atoms with Crippen molar-refractivity contribution in [2.75, 3.05) is 12.3 Å². The molecule has 0 aliphatic rings. The first kappa shape index (κ1) is 16.3. The quantitative estimate of drug-likeness (QED) is 0.491. The third-order valence-corrected chi connectivity index (χ3v) is 3.92. The van der Waals surface area contributed by atoms with Gasteiger partial charge in [-0.25, -0.2) is 18.4 Å². The molecule has 0 aliphatic carbocycles. The molecule has 20 heavy (non-hydrogen) atoms. The van der Waals surface area contributed by atoms with Crippen LogP contribution in [0.15, 0.2) is 17.5 Å². The highest BCUT2D eigenvalue weighted by molar-refractivity contribution is 7.89. The maximum absolute atomic E-state index is 11.7. The molecular formula is C11H14N2O5S2. The van der Waals surface area contributed by atoms with Crippen molar-refractivity contribution in [3.05, 3.63) is 28.0 Å². The summed E-state index contributed by atoms with van der Waals surface area (Å²) in [5, 5.41) is 17.5. The van der Waals surface area contributed by atoms with Crippen LogP contribution in [0.3, 0.4) is 0 Å². The second-order valence-electron chi connectivity index (χ2n) is 3.89. The van der Waals surface area contributed by atoms with Gasteiger partial charge in [-0.3, -0.25) is 4.79 Å². The number of aliphatic carboxylic acids is 1. The molecule has 0 fully saturated rings. The summed E-state index contributed by atoms with van der Waals surface area (Å²) in [6.07, 6.45) is 2.62. The van der Waals surface area contributed by atoms with Crippen molar-refractivity contribution in [3.8, 4) is 0 Å². The Balaban J connectivity index is 2.46. The predicted molar refractivity (Wildman–Crippen MR) is 75.9 cm³/mol. The molecule has 1 aromatic rings. The molecule has 0 aliphatic heterocycles. The zero-order valence-corrected chi connectivity index (χ0v) is 12.0. The summed E-state index contributed by atoms with van der Waals surface area (Å²) < 4.78 is 21.4. The summed E-state index contributed by atoms with van der Waals surface area (Å²) in [6.45, 7) is 0.200. The highest BCUT2D eigenvalue weighted by Gasteiger charge is 2.08. The van der Waals surface area contributed by atoms with E-state index in [1.54, 1.807) is 11.4 Å². The van der Waals surface area contributed by atoms with E-state index in [0.29, 0.717) is 10.4 Å². The molecule has 0 saturated carbocycles. The Morgan fingerprint density at radius 2 is 2.15 bits per heavy atom. The van der Waals surface area contributed by atoms with E-state index in [1.807, 2.05) is 0 Å². The lowest BCUT2D eigenvalue weighted by atomic mass is 10.3. The van der Waals surface area contributed by atoms with Crippen molar-refractivity contribution in [2.45, 2.75) is 6.42 Å². The second kappa shape index (κ2) is 7.17. The molecule has 0 unspecified atom stereocenters. The zero-order valence-electron chi connectivity index (χ0n) is 10.4. The van der Waals surface area contributed by atoms with Gasteiger partial charge >= 0.3 is 5.97 Å². The van der Waals surface area contributed by atoms with Crippen LogP contribution in [-0.2, 0) is 14.8 Å². The van der Waals surface area contributed by atoms with Crippen molar-refractivity contribution in [2.24, 2.45) is 5.14 Å². The van der Waals surface area contributed by atoms with E-state index >= 15 is 0 Å². The summed E-state index contributed by atoms with van der Waals surface area (Å²) in [7, 11) is -3.51. The lowest BCUT2D eigenvalue weighted by molar-refractivity contribution is -0.131. The van der Waals surface area contributed by atoms with Gasteiger partial charge in [0.2, 0.25) is 10.0 Å². The highest BCUT2D eigenvalue weighted by atomic mass is 32.2. The molecular weight excluding hydrogens is 304 g/mol. The van der Waals surface area contributed by atoms with Crippen LogP contribution in [0.2, 0.25) is 0 Å². The number of hydrogen-bond acceptors (Lipinski definition) is 5. The Kier molecular flexibility index (Phi) is 5.86. The summed E-state index contributed by atoms with van der Waals surface area (Å²) in [5.41, 5.74) is 0.399. The first-order valence-electron chi connectivity index (χ1n) is 5.56. The number of sulfonamides is 1. The number of nitrogens with two attached hydrogens (primary N) is 1. The minimum Gasteiger partial charge on any atom is -0.478 e. The number of primary sulfonamides is 1. The fraction of sp³-hybridized carbons (Fsp3) is 0.273. The Morgan fingerprint density at radius 3 is 2.75 bits per heavy atom. The van der Waals surface area contributed by atoms with E-state index in [0.717, 1.165) is 6.08 Å². The Morgan fingerprint density at radius 1 is 1.45 bits per heavy atom. The standard InChI is InChI=1S/C11H14N2O5S2/c12-20(17,18)5-1-4-13-11(16)8-6-9(19-7-8)2-3-10(14)15/h2-3,6-7H,1,4-5H2,(H,13,16)(H,14,15)(H2,12,17,18). The van der Waals surface area contributed by atoms with E-state index in [2.05, 4.69) is 5.32 Å². The predicted octanol–water partition coefficient (Wildman–Crippen LogP) is 0.254. The number of rotatable bonds is 7. The van der Waals surface area contributed by atoms with Crippen LogP contribution in [0, 0.1) is 0 Å². The van der Waals surface area contributed by atoms with E-state index in [-0.39, 0.29) is 24.6 Å². The highest BCUT2D eigenvalue weighted by Crippen LogP contribution is 2.16. The Bertz CT molecular complexity index is 619. The van der Waals surface area contributed by atoms with Crippen LogP contribution in [-0.4, -0.2) is 37.7 Å². The SMILES string of the molecule is NS(=O)(=O)CCCNC(=O)c1csc(C=CC(=O)O)c1. The summed E-state index contributed by atoms with van der Waals surface area (Å²) >= 11 is 1.24. The van der Waals surface area contributed by atoms with Gasteiger partial charge in [-0.1, -0.05) is 0 Å². The molecule has 7 nitrogen and oxygen atoms in total. The van der Waals surface area contributed by atoms with Gasteiger partial charge in [0.25, 0.3) is 5.91 Å². The third kappa shape index (κ3) is 6.45. The van der Waals surface area contributed by atoms with Crippen molar-refractivity contribution in [1.29, 1.82) is 0 Å². The van der Waals surface area contributed by atoms with Crippen molar-refractivity contribution in [3.63, 3.8) is 0 Å². The number of carbonyl (C=O) groups is 2. The fourth-order valence-electron chi connectivity index (χ4n) is 1.29. The average molecular weight is 318 g/mol. The molecule has 0 saturated heterocycles. The zero-order chi connectivity index (χ0) is 15.2. The number of hydrogen-bond donors (Lipinski definition) is 3. The van der Waals surface area contributed by atoms with Crippen LogP contribution in [0.4, 0.5) is 0 Å². The minimum atomic E-state index is -3.51. The number of thiophene rings is 1. The number of carboxylic acid groups (broad SMARTS) is 1. The minimum absolute atomic E-state index is 0.191. The normalized spacial score (nSPS) is 11.7. The van der Waals surface area contributed by atoms with Gasteiger partial charge < -0.3 is 10.4 Å². The smallest absolute Gasteiger partial charge is 0.328 e. The van der Waals surface area contributed by atoms with Gasteiger partial charge in [0.1, 0.15) is 0 Å². The summed E-state index contributed by atoms with van der Waals surface area (Å²) in [4.78, 5) is 22.7. The van der Waals surface area contributed by atoms with E-state index in [4.69, 9.17) is 10.2 Å². The topological polar surface area (TPSA) is 127 Å². The average Bonchev–Trinajstić information content (AvgIpc) is 2.79. The largest absolute Gasteiger partial charge is 0.478 e. The lowest BCUT2D eigenvalue weighted by Gasteiger charge is -2.02. The summed E-state index contributed by atoms with van der Waals surface area (Å²) in [6, 6.07) is 1.55. The summed E-state index contributed by atoms with van der Waals surface area (Å²) in [5.74, 6) is -1.60. The van der Waals surface area contributed by atoms with Gasteiger partial charge in [-0.2, -0.15) is 0 Å². The second-order valence-corrected chi connectivity index (χ2v) is 6.56. The van der Waals surface area contributed by atoms with Crippen LogP contribution >= 0.6 is 11.3 Å². The van der Waals surface area contributed by atoms with Crippen LogP contribution < -0.4 is 10.5 Å². The molecule has 1 amide bonds. The molecule has 110 valence electrons. The Hall–Kier alpha value is -1.71. The van der Waals surface area contributed by atoms with Gasteiger partial charge in [0, 0.05) is 22.9 Å². The van der Waals surface area contributed by atoms with E-state index in [9.17, 15) is 18.0 Å². The molecule has 0 aromatic carbocycles. The van der Waals surface area contributed by atoms with Crippen LogP contribution in [0.25, 0.3) is 6.08 Å². The number of carbonyl (C=O) groups excluding carboxylic acids is 1. The first-order valence-corrected chi connectivity index (χ1v) is 8.15. The maximum Gasteiger partial charge on any atom is 0.328 e. The van der Waals surface area contributed by atoms with Crippen LogP contribution in [0.1, 0.15) is 21.7 Å². The number of carboxylic acids is 1. The molecule has 0 bridgehead atoms. The molecule has 1 aromatic heterocycles. The molecule has 4 N–H and O–H groups in total. The van der Waals surface area contributed by atoms with E-state index in [1.165, 1.54) is 17.4 Å². The van der Waals surface area contributed by atoms with Gasteiger partial charge in [0.15, 0.2) is 0 Å². The van der Waals surface area contributed by atoms with Crippen molar-refractivity contribution >= 4 is 39.3 Å². The number of nitrogens with one attached hydrogen (secondary N) is 1. The molecule has 0 radical (unpaired) electrons.